The molecule has 3 N–H and O–H groups in total. The Morgan fingerprint density at radius 1 is 1.26 bits per heavy atom. The molecule has 0 saturated heterocycles. The molecule has 0 bridgehead atoms. The molecule has 0 saturated carbocycles. The summed E-state index contributed by atoms with van der Waals surface area (Å²) in [5.74, 6) is 0.824. The van der Waals surface area contributed by atoms with E-state index in [4.69, 9.17) is 4.74 Å². The molecule has 0 aromatic carbocycles. The smallest absolute Gasteiger partial charge is 0.130 e. The van der Waals surface area contributed by atoms with Crippen LogP contribution in [0.15, 0.2) is 90.0 Å². The molecule has 1 heterocycles. The number of ether oxygens (including phenoxy) is 1. The van der Waals surface area contributed by atoms with Crippen LogP contribution < -0.4 is 10.6 Å². The van der Waals surface area contributed by atoms with E-state index >= 15 is 0 Å². The summed E-state index contributed by atoms with van der Waals surface area (Å²) in [5, 5.41) is 16.7. The molecule has 1 aliphatic rings. The van der Waals surface area contributed by atoms with Crippen molar-refractivity contribution in [1.82, 2.24) is 15.5 Å². The number of nitrogens with one attached hydrogen (secondary N) is 2. The van der Waals surface area contributed by atoms with Crippen molar-refractivity contribution in [3.05, 3.63) is 85.1 Å². The molecule has 0 aromatic rings. The predicted molar refractivity (Wildman–Crippen MR) is 169 cm³/mol. The highest BCUT2D eigenvalue weighted by molar-refractivity contribution is 8.14. The largest absolute Gasteiger partial charge is 0.391 e. The quantitative estimate of drug-likeness (QED) is 0.0702. The monoisotopic (exact) mass is 544 g/mol. The minimum atomic E-state index is -0.656. The molecule has 0 radical (unpaired) electrons. The number of hydrogen-bond acceptors (Lipinski definition) is 7. The van der Waals surface area contributed by atoms with Crippen LogP contribution in [0.1, 0.15) is 60.3 Å². The Bertz CT molecular complexity index is 828. The van der Waals surface area contributed by atoms with E-state index in [0.29, 0.717) is 5.57 Å². The van der Waals surface area contributed by atoms with Gasteiger partial charge in [-0.25, -0.2) is 0 Å². The van der Waals surface area contributed by atoms with Gasteiger partial charge >= 0.3 is 0 Å². The Morgan fingerprint density at radius 2 is 2.05 bits per heavy atom. The molecular weight excluding hydrogens is 492 g/mol. The maximum Gasteiger partial charge on any atom is 0.130 e. The van der Waals surface area contributed by atoms with Crippen molar-refractivity contribution < 1.29 is 9.84 Å². The van der Waals surface area contributed by atoms with Crippen LogP contribution in [-0.2, 0) is 4.74 Å². The average Bonchev–Trinajstić information content (AvgIpc) is 2.89. The molecular formula is C31H52N4O2S. The Labute approximate surface area is 237 Å². The first-order chi connectivity index (χ1) is 18.4. The van der Waals surface area contributed by atoms with Crippen LogP contribution in [-0.4, -0.2) is 59.9 Å². The summed E-state index contributed by atoms with van der Waals surface area (Å²) >= 11 is 1.67. The molecule has 1 rings (SSSR count). The van der Waals surface area contributed by atoms with Crippen LogP contribution >= 0.6 is 11.8 Å². The summed E-state index contributed by atoms with van der Waals surface area (Å²) in [6.07, 6.45) is 26.6. The van der Waals surface area contributed by atoms with Gasteiger partial charge in [0.15, 0.2) is 0 Å². The highest BCUT2D eigenvalue weighted by Crippen LogP contribution is 2.09. The Morgan fingerprint density at radius 3 is 2.74 bits per heavy atom. The van der Waals surface area contributed by atoms with Gasteiger partial charge in [-0.3, -0.25) is 10.3 Å². The van der Waals surface area contributed by atoms with Crippen LogP contribution in [0.4, 0.5) is 0 Å². The molecule has 2 unspecified atom stereocenters. The Kier molecular flexibility index (Phi) is 23.5. The summed E-state index contributed by atoms with van der Waals surface area (Å²) in [6.45, 7) is 16.7. The van der Waals surface area contributed by atoms with Crippen LogP contribution in [0.25, 0.3) is 0 Å². The van der Waals surface area contributed by atoms with E-state index in [1.165, 1.54) is 6.42 Å². The van der Waals surface area contributed by atoms with Gasteiger partial charge < -0.3 is 20.1 Å². The number of aliphatic imine (C=N–C) groups is 1. The van der Waals surface area contributed by atoms with Crippen molar-refractivity contribution in [3.8, 4) is 0 Å². The minimum Gasteiger partial charge on any atom is -0.391 e. The number of allylic oxidation sites excluding steroid dienone is 5. The first kappa shape index (κ1) is 35.7. The van der Waals surface area contributed by atoms with Crippen molar-refractivity contribution in [1.29, 1.82) is 0 Å². The van der Waals surface area contributed by atoms with Gasteiger partial charge in [-0.05, 0) is 83.1 Å². The minimum absolute atomic E-state index is 0.134. The fourth-order valence-electron chi connectivity index (χ4n) is 3.04. The molecule has 0 fully saturated rings. The zero-order valence-electron chi connectivity index (χ0n) is 24.5. The second kappa shape index (κ2) is 25.0. The molecule has 0 aromatic heterocycles. The van der Waals surface area contributed by atoms with E-state index in [1.807, 2.05) is 52.1 Å². The highest BCUT2D eigenvalue weighted by Gasteiger charge is 2.02. The lowest BCUT2D eigenvalue weighted by Gasteiger charge is -2.16. The third-order valence-electron chi connectivity index (χ3n) is 5.32. The van der Waals surface area contributed by atoms with E-state index in [0.717, 1.165) is 55.4 Å². The summed E-state index contributed by atoms with van der Waals surface area (Å²) in [6, 6.07) is 0. The van der Waals surface area contributed by atoms with E-state index < -0.39 is 6.23 Å². The second-order valence-electron chi connectivity index (χ2n) is 8.67. The van der Waals surface area contributed by atoms with Gasteiger partial charge in [0.1, 0.15) is 6.23 Å². The van der Waals surface area contributed by atoms with Gasteiger partial charge in [0.2, 0.25) is 0 Å². The lowest BCUT2D eigenvalue weighted by atomic mass is 10.2. The summed E-state index contributed by atoms with van der Waals surface area (Å²) in [4.78, 5) is 6.63. The SMILES string of the molecule is C=C(/C=C/CSC(C)=N/C(C)=C/C)C(O)NCC.CCCN/C=C/C(C/C=C/N1/C=C\C=CCCC1)OC. The predicted octanol–water partition coefficient (Wildman–Crippen LogP) is 6.69. The lowest BCUT2D eigenvalue weighted by molar-refractivity contribution is 0.143. The summed E-state index contributed by atoms with van der Waals surface area (Å²) in [7, 11) is 1.75. The van der Waals surface area contributed by atoms with Crippen molar-refractivity contribution >= 4 is 16.8 Å². The normalized spacial score (nSPS) is 17.3. The van der Waals surface area contributed by atoms with E-state index in [2.05, 4.69) is 76.8 Å². The van der Waals surface area contributed by atoms with Crippen molar-refractivity contribution in [2.75, 3.05) is 32.5 Å². The number of methoxy groups -OCH3 is 1. The number of hydrogen-bond donors (Lipinski definition) is 3. The number of rotatable bonds is 15. The van der Waals surface area contributed by atoms with Gasteiger partial charge in [-0.15, -0.1) is 11.8 Å². The van der Waals surface area contributed by atoms with Crippen LogP contribution in [0.3, 0.4) is 0 Å². The maximum atomic E-state index is 9.58. The topological polar surface area (TPSA) is 69.1 Å². The second-order valence-corrected chi connectivity index (χ2v) is 9.88. The van der Waals surface area contributed by atoms with E-state index in [9.17, 15) is 5.11 Å². The first-order valence-corrected chi connectivity index (χ1v) is 14.6. The van der Waals surface area contributed by atoms with Crippen molar-refractivity contribution in [2.24, 2.45) is 4.99 Å². The lowest BCUT2D eigenvalue weighted by Crippen LogP contribution is -2.29. The van der Waals surface area contributed by atoms with Gasteiger partial charge in [0.05, 0.1) is 11.1 Å². The molecule has 0 aliphatic carbocycles. The fraction of sp³-hybridized carbons (Fsp3) is 0.516. The first-order valence-electron chi connectivity index (χ1n) is 13.6. The number of aliphatic hydroxyl groups is 1. The zero-order valence-corrected chi connectivity index (χ0v) is 25.3. The molecule has 214 valence electrons. The average molecular weight is 545 g/mol. The third-order valence-corrected chi connectivity index (χ3v) is 6.19. The maximum absolute atomic E-state index is 9.58. The Hall–Kier alpha value is -2.32. The summed E-state index contributed by atoms with van der Waals surface area (Å²) < 4.78 is 5.44. The number of likely N-dealkylation sites (N-methyl/N-ethyl adjacent to an activating group) is 1. The van der Waals surface area contributed by atoms with Crippen LogP contribution in [0, 0.1) is 0 Å². The molecule has 38 heavy (non-hydrogen) atoms. The molecule has 7 heteroatoms. The highest BCUT2D eigenvalue weighted by atomic mass is 32.2. The summed E-state index contributed by atoms with van der Waals surface area (Å²) in [5.41, 5.74) is 1.70. The van der Waals surface area contributed by atoms with Crippen molar-refractivity contribution in [3.63, 3.8) is 0 Å². The number of aliphatic hydroxyl groups excluding tert-OH is 1. The number of nitrogens with zero attached hydrogens (tertiary/aromatic N) is 2. The van der Waals surface area contributed by atoms with Gasteiger partial charge in [-0.1, -0.05) is 56.9 Å². The Balaban J connectivity index is 0.000000726. The molecule has 2 atom stereocenters. The zero-order chi connectivity index (χ0) is 28.4. The number of thioether (sulfide) groups is 1. The molecule has 1 aliphatic heterocycles. The van der Waals surface area contributed by atoms with E-state index in [-0.39, 0.29) is 6.10 Å². The van der Waals surface area contributed by atoms with Gasteiger partial charge in [-0.2, -0.15) is 0 Å². The van der Waals surface area contributed by atoms with Gasteiger partial charge in [0.25, 0.3) is 0 Å². The molecule has 0 spiro atoms. The third kappa shape index (κ3) is 20.7. The standard InChI is InChI=1S/C17H28N2O.C14H24N2OS/c1-3-12-18-13-11-17(20-2)10-9-16-19-14-7-5-4-6-8-15-19;1-6-12(4)16-13(5)18-10-8-9-11(3)14(17)15-7-2/h4-5,7,9,11,13-14,16-18H,3,6,8,10,12,15H2,1-2H3;6,8-9,14-15,17H,3,7,10H2,1-2,4-5H3/b5-4?,13-11+,14-7-,16-9+;9-8+,12-6+,16-13?. The van der Waals surface area contributed by atoms with Crippen molar-refractivity contribution in [2.45, 2.75) is 72.6 Å². The van der Waals surface area contributed by atoms with Crippen LogP contribution in [0.5, 0.6) is 0 Å². The molecule has 0 amide bonds. The fourth-order valence-corrected chi connectivity index (χ4v) is 3.68. The van der Waals surface area contributed by atoms with Gasteiger partial charge in [0, 0.05) is 37.8 Å². The molecule has 6 nitrogen and oxygen atoms in total. The van der Waals surface area contributed by atoms with E-state index in [1.54, 1.807) is 18.9 Å². The van der Waals surface area contributed by atoms with Crippen LogP contribution in [0.2, 0.25) is 0 Å².